The van der Waals surface area contributed by atoms with E-state index in [1.807, 2.05) is 30.3 Å². The van der Waals surface area contributed by atoms with Crippen molar-refractivity contribution in [3.8, 4) is 0 Å². The SMILES string of the molecule is Fc1c(Br)cccc1C(Br)c1cccc2ccccc12. The Bertz CT molecular complexity index is 763. The summed E-state index contributed by atoms with van der Waals surface area (Å²) in [6.45, 7) is 0. The van der Waals surface area contributed by atoms with Crippen molar-refractivity contribution in [3.05, 3.63) is 82.1 Å². The van der Waals surface area contributed by atoms with Crippen LogP contribution in [-0.2, 0) is 0 Å². The summed E-state index contributed by atoms with van der Waals surface area (Å²) in [5.41, 5.74) is 1.70. The van der Waals surface area contributed by atoms with Gasteiger partial charge < -0.3 is 0 Å². The third kappa shape index (κ3) is 2.40. The maximum absolute atomic E-state index is 14.3. The van der Waals surface area contributed by atoms with E-state index in [9.17, 15) is 4.39 Å². The van der Waals surface area contributed by atoms with Crippen molar-refractivity contribution in [1.29, 1.82) is 0 Å². The molecule has 0 heterocycles. The first-order valence-electron chi connectivity index (χ1n) is 6.24. The lowest BCUT2D eigenvalue weighted by atomic mass is 9.98. The first kappa shape index (κ1) is 13.8. The number of rotatable bonds is 2. The van der Waals surface area contributed by atoms with Crippen molar-refractivity contribution in [2.45, 2.75) is 4.83 Å². The smallest absolute Gasteiger partial charge is 0.142 e. The summed E-state index contributed by atoms with van der Waals surface area (Å²) in [6, 6.07) is 19.6. The van der Waals surface area contributed by atoms with E-state index in [0.29, 0.717) is 10.0 Å². The highest BCUT2D eigenvalue weighted by molar-refractivity contribution is 9.10. The molecule has 3 heteroatoms. The summed E-state index contributed by atoms with van der Waals surface area (Å²) in [5, 5.41) is 2.29. The molecule has 0 amide bonds. The molecule has 3 aromatic rings. The lowest BCUT2D eigenvalue weighted by molar-refractivity contribution is 0.607. The first-order valence-corrected chi connectivity index (χ1v) is 7.95. The number of alkyl halides is 1. The molecule has 0 saturated carbocycles. The fourth-order valence-corrected chi connectivity index (χ4v) is 3.49. The van der Waals surface area contributed by atoms with Crippen LogP contribution in [0, 0.1) is 5.82 Å². The number of benzene rings is 3. The van der Waals surface area contributed by atoms with Gasteiger partial charge in [-0.15, -0.1) is 0 Å². The lowest BCUT2D eigenvalue weighted by Crippen LogP contribution is -1.98. The Morgan fingerprint density at radius 1 is 0.800 bits per heavy atom. The summed E-state index contributed by atoms with van der Waals surface area (Å²) < 4.78 is 14.7. The third-order valence-corrected chi connectivity index (χ3v) is 4.95. The first-order chi connectivity index (χ1) is 9.68. The van der Waals surface area contributed by atoms with E-state index in [0.717, 1.165) is 16.3 Å². The van der Waals surface area contributed by atoms with E-state index >= 15 is 0 Å². The van der Waals surface area contributed by atoms with Gasteiger partial charge in [0, 0.05) is 5.56 Å². The Hall–Kier alpha value is -1.19. The lowest BCUT2D eigenvalue weighted by Gasteiger charge is -2.15. The van der Waals surface area contributed by atoms with Crippen LogP contribution in [-0.4, -0.2) is 0 Å². The second-order valence-corrected chi connectivity index (χ2v) is 6.34. The molecule has 100 valence electrons. The Balaban J connectivity index is 2.18. The summed E-state index contributed by atoms with van der Waals surface area (Å²) in [5.74, 6) is -0.220. The van der Waals surface area contributed by atoms with E-state index in [1.165, 1.54) is 0 Å². The average molecular weight is 394 g/mol. The van der Waals surface area contributed by atoms with Gasteiger partial charge in [-0.25, -0.2) is 4.39 Å². The highest BCUT2D eigenvalue weighted by atomic mass is 79.9. The van der Waals surface area contributed by atoms with Gasteiger partial charge in [-0.1, -0.05) is 70.5 Å². The number of fused-ring (bicyclic) bond motifs is 1. The zero-order chi connectivity index (χ0) is 14.1. The molecular formula is C17H11Br2F. The molecule has 1 unspecified atom stereocenters. The molecule has 0 spiro atoms. The average Bonchev–Trinajstić information content (AvgIpc) is 2.49. The molecule has 0 N–H and O–H groups in total. The molecule has 0 fully saturated rings. The van der Waals surface area contributed by atoms with Crippen LogP contribution in [0.4, 0.5) is 4.39 Å². The Morgan fingerprint density at radius 3 is 2.30 bits per heavy atom. The van der Waals surface area contributed by atoms with E-state index in [1.54, 1.807) is 12.1 Å². The van der Waals surface area contributed by atoms with E-state index < -0.39 is 0 Å². The predicted octanol–water partition coefficient (Wildman–Crippen LogP) is 6.23. The van der Waals surface area contributed by atoms with Crippen LogP contribution in [0.15, 0.2) is 65.1 Å². The van der Waals surface area contributed by atoms with Crippen molar-refractivity contribution in [2.24, 2.45) is 0 Å². The summed E-state index contributed by atoms with van der Waals surface area (Å²) in [7, 11) is 0. The van der Waals surface area contributed by atoms with Crippen molar-refractivity contribution in [2.75, 3.05) is 0 Å². The van der Waals surface area contributed by atoms with E-state index in [2.05, 4.69) is 50.1 Å². The zero-order valence-corrected chi connectivity index (χ0v) is 13.7. The van der Waals surface area contributed by atoms with Gasteiger partial charge in [0.25, 0.3) is 0 Å². The molecule has 0 bridgehead atoms. The van der Waals surface area contributed by atoms with Crippen LogP contribution >= 0.6 is 31.9 Å². The molecular weight excluding hydrogens is 383 g/mol. The van der Waals surface area contributed by atoms with Crippen LogP contribution in [0.3, 0.4) is 0 Å². The monoisotopic (exact) mass is 392 g/mol. The standard InChI is InChI=1S/C17H11Br2F/c18-15-10-4-9-14(17(15)20)16(19)13-8-3-6-11-5-1-2-7-12(11)13/h1-10,16H. The highest BCUT2D eigenvalue weighted by Gasteiger charge is 2.18. The van der Waals surface area contributed by atoms with E-state index in [-0.39, 0.29) is 10.6 Å². The van der Waals surface area contributed by atoms with Crippen LogP contribution in [0.2, 0.25) is 0 Å². The minimum Gasteiger partial charge on any atom is -0.205 e. The van der Waals surface area contributed by atoms with Gasteiger partial charge in [-0.05, 0) is 38.3 Å². The summed E-state index contributed by atoms with van der Waals surface area (Å²) >= 11 is 6.88. The largest absolute Gasteiger partial charge is 0.205 e. The van der Waals surface area contributed by atoms with Gasteiger partial charge >= 0.3 is 0 Å². The molecule has 0 radical (unpaired) electrons. The zero-order valence-electron chi connectivity index (χ0n) is 10.5. The van der Waals surface area contributed by atoms with Gasteiger partial charge in [0.05, 0.1) is 9.30 Å². The summed E-state index contributed by atoms with van der Waals surface area (Å²) in [4.78, 5) is -0.175. The number of hydrogen-bond acceptors (Lipinski definition) is 0. The maximum atomic E-state index is 14.3. The van der Waals surface area contributed by atoms with Crippen molar-refractivity contribution in [3.63, 3.8) is 0 Å². The minimum absolute atomic E-state index is 0.175. The van der Waals surface area contributed by atoms with Crippen molar-refractivity contribution >= 4 is 42.6 Å². The van der Waals surface area contributed by atoms with E-state index in [4.69, 9.17) is 0 Å². The Labute approximate surface area is 133 Å². The van der Waals surface area contributed by atoms with Gasteiger partial charge in [0.15, 0.2) is 0 Å². The van der Waals surface area contributed by atoms with Crippen LogP contribution < -0.4 is 0 Å². The molecule has 0 aliphatic rings. The maximum Gasteiger partial charge on any atom is 0.142 e. The van der Waals surface area contributed by atoms with Crippen LogP contribution in [0.25, 0.3) is 10.8 Å². The fourth-order valence-electron chi connectivity index (χ4n) is 2.36. The molecule has 3 aromatic carbocycles. The second-order valence-electron chi connectivity index (χ2n) is 4.57. The molecule has 20 heavy (non-hydrogen) atoms. The van der Waals surface area contributed by atoms with Crippen LogP contribution in [0.5, 0.6) is 0 Å². The molecule has 1 atom stereocenters. The topological polar surface area (TPSA) is 0 Å². The third-order valence-electron chi connectivity index (χ3n) is 3.35. The van der Waals surface area contributed by atoms with Crippen LogP contribution in [0.1, 0.15) is 16.0 Å². The summed E-state index contributed by atoms with van der Waals surface area (Å²) in [6.07, 6.45) is 0. The van der Waals surface area contributed by atoms with Gasteiger partial charge in [-0.2, -0.15) is 0 Å². The Kier molecular flexibility index (Phi) is 3.90. The Morgan fingerprint density at radius 2 is 1.45 bits per heavy atom. The fraction of sp³-hybridized carbons (Fsp3) is 0.0588. The molecule has 0 nitrogen and oxygen atoms in total. The molecule has 0 aliphatic heterocycles. The molecule has 0 aliphatic carbocycles. The highest BCUT2D eigenvalue weighted by Crippen LogP contribution is 2.37. The van der Waals surface area contributed by atoms with Crippen molar-refractivity contribution in [1.82, 2.24) is 0 Å². The normalized spacial score (nSPS) is 12.6. The quantitative estimate of drug-likeness (QED) is 0.453. The van der Waals surface area contributed by atoms with Gasteiger partial charge in [-0.3, -0.25) is 0 Å². The van der Waals surface area contributed by atoms with Gasteiger partial charge in [0.1, 0.15) is 5.82 Å². The number of hydrogen-bond donors (Lipinski definition) is 0. The van der Waals surface area contributed by atoms with Crippen molar-refractivity contribution < 1.29 is 4.39 Å². The predicted molar refractivity (Wildman–Crippen MR) is 88.8 cm³/mol. The minimum atomic E-state index is -0.220. The molecule has 3 rings (SSSR count). The second kappa shape index (κ2) is 5.66. The molecule has 0 saturated heterocycles. The van der Waals surface area contributed by atoms with Gasteiger partial charge in [0.2, 0.25) is 0 Å². The molecule has 0 aromatic heterocycles. The number of halogens is 3.